The third-order valence-electron chi connectivity index (χ3n) is 3.35. The topological polar surface area (TPSA) is 61.7 Å². The summed E-state index contributed by atoms with van der Waals surface area (Å²) in [6.45, 7) is 0. The lowest BCUT2D eigenvalue weighted by Crippen LogP contribution is -1.98. The summed E-state index contributed by atoms with van der Waals surface area (Å²) < 4.78 is 17.6. The molecule has 0 aliphatic heterocycles. The molecule has 0 unspecified atom stereocenters. The van der Waals surface area contributed by atoms with Gasteiger partial charge in [-0.3, -0.25) is 4.68 Å². The molecule has 7 heteroatoms. The van der Waals surface area contributed by atoms with Crippen molar-refractivity contribution in [2.24, 2.45) is 14.1 Å². The third kappa shape index (κ3) is 2.08. The monoisotopic (exact) mass is 305 g/mol. The number of benzene rings is 1. The van der Waals surface area contributed by atoms with Crippen molar-refractivity contribution in [1.82, 2.24) is 19.3 Å². The molecule has 3 aromatic rings. The second-order valence-corrected chi connectivity index (χ2v) is 5.10. The quantitative estimate of drug-likeness (QED) is 0.792. The number of aromatic nitrogens is 4. The van der Waals surface area contributed by atoms with Gasteiger partial charge in [-0.05, 0) is 6.07 Å². The molecule has 2 heterocycles. The van der Waals surface area contributed by atoms with Crippen LogP contribution in [0.15, 0.2) is 30.6 Å². The van der Waals surface area contributed by atoms with E-state index in [-0.39, 0.29) is 5.02 Å². The molecule has 0 aliphatic rings. The molecule has 5 nitrogen and oxygen atoms in total. The Hall–Kier alpha value is -2.34. The van der Waals surface area contributed by atoms with Crippen LogP contribution in [0.25, 0.3) is 22.6 Å². The molecular formula is C14H13ClFN5. The molecule has 2 N–H and O–H groups in total. The highest BCUT2D eigenvalue weighted by Crippen LogP contribution is 2.37. The highest BCUT2D eigenvalue weighted by Gasteiger charge is 2.23. The Morgan fingerprint density at radius 1 is 1.29 bits per heavy atom. The first-order valence-electron chi connectivity index (χ1n) is 6.25. The molecule has 0 atom stereocenters. The maximum absolute atomic E-state index is 14.3. The number of nitrogens with two attached hydrogens (primary N) is 1. The number of nitrogens with zero attached hydrogens (tertiary/aromatic N) is 4. The van der Waals surface area contributed by atoms with E-state index < -0.39 is 5.82 Å². The van der Waals surface area contributed by atoms with E-state index in [1.54, 1.807) is 36.1 Å². The van der Waals surface area contributed by atoms with Gasteiger partial charge in [0, 0.05) is 32.1 Å². The van der Waals surface area contributed by atoms with Crippen LogP contribution in [0.1, 0.15) is 0 Å². The lowest BCUT2D eigenvalue weighted by Gasteiger charge is -2.06. The zero-order valence-electron chi connectivity index (χ0n) is 11.5. The SMILES string of the molecule is Cn1ccnc1-c1nn(C)c(N)c1-c1cccc(Cl)c1F. The lowest BCUT2D eigenvalue weighted by molar-refractivity contribution is 0.632. The second-order valence-electron chi connectivity index (χ2n) is 4.70. The van der Waals surface area contributed by atoms with Crippen LogP contribution in [0.4, 0.5) is 10.2 Å². The maximum atomic E-state index is 14.3. The summed E-state index contributed by atoms with van der Waals surface area (Å²) in [6.07, 6.45) is 3.44. The predicted octanol–water partition coefficient (Wildman–Crippen LogP) is 2.86. The fourth-order valence-corrected chi connectivity index (χ4v) is 2.42. The van der Waals surface area contributed by atoms with Gasteiger partial charge < -0.3 is 10.3 Å². The van der Waals surface area contributed by atoms with Crippen LogP contribution in [0.5, 0.6) is 0 Å². The van der Waals surface area contributed by atoms with E-state index in [1.807, 2.05) is 7.05 Å². The van der Waals surface area contributed by atoms with Gasteiger partial charge in [0.15, 0.2) is 5.82 Å². The van der Waals surface area contributed by atoms with E-state index in [9.17, 15) is 4.39 Å². The Morgan fingerprint density at radius 2 is 2.05 bits per heavy atom. The minimum Gasteiger partial charge on any atom is -0.383 e. The third-order valence-corrected chi connectivity index (χ3v) is 3.64. The molecule has 0 radical (unpaired) electrons. The number of anilines is 1. The van der Waals surface area contributed by atoms with Crippen LogP contribution < -0.4 is 5.73 Å². The van der Waals surface area contributed by atoms with Crippen molar-refractivity contribution in [3.63, 3.8) is 0 Å². The van der Waals surface area contributed by atoms with Crippen LogP contribution in [0, 0.1) is 5.82 Å². The number of nitrogen functional groups attached to an aromatic ring is 1. The average molecular weight is 306 g/mol. The second kappa shape index (κ2) is 4.89. The van der Waals surface area contributed by atoms with Gasteiger partial charge in [0.2, 0.25) is 0 Å². The minimum absolute atomic E-state index is 0.0431. The van der Waals surface area contributed by atoms with Gasteiger partial charge in [-0.25, -0.2) is 9.37 Å². The molecule has 108 valence electrons. The first-order chi connectivity index (χ1) is 10.0. The minimum atomic E-state index is -0.519. The first kappa shape index (κ1) is 13.6. The standard InChI is InChI=1S/C14H13ClFN5/c1-20-7-6-18-14(20)12-10(13(17)21(2)19-12)8-4-3-5-9(15)11(8)16/h3-7H,17H2,1-2H3. The van der Waals surface area contributed by atoms with Crippen LogP contribution in [0.2, 0.25) is 5.02 Å². The number of imidazole rings is 1. The Kier molecular flexibility index (Phi) is 3.17. The summed E-state index contributed by atoms with van der Waals surface area (Å²) in [5.41, 5.74) is 7.39. The fourth-order valence-electron chi connectivity index (χ4n) is 2.25. The number of aryl methyl sites for hydroxylation is 2. The van der Waals surface area contributed by atoms with Crippen molar-refractivity contribution in [2.75, 3.05) is 5.73 Å². The molecule has 0 saturated heterocycles. The Balaban J connectivity index is 2.33. The van der Waals surface area contributed by atoms with Gasteiger partial charge in [0.05, 0.1) is 10.6 Å². The number of hydrogen-bond donors (Lipinski definition) is 1. The van der Waals surface area contributed by atoms with Crippen LogP contribution >= 0.6 is 11.6 Å². The van der Waals surface area contributed by atoms with Crippen molar-refractivity contribution in [2.45, 2.75) is 0 Å². The average Bonchev–Trinajstić information content (AvgIpc) is 2.99. The van der Waals surface area contributed by atoms with Gasteiger partial charge in [0.1, 0.15) is 17.3 Å². The van der Waals surface area contributed by atoms with Gasteiger partial charge >= 0.3 is 0 Å². The Morgan fingerprint density at radius 3 is 2.71 bits per heavy atom. The van der Waals surface area contributed by atoms with E-state index in [0.29, 0.717) is 28.5 Å². The Labute approximate surface area is 125 Å². The summed E-state index contributed by atoms with van der Waals surface area (Å²) in [5, 5.41) is 4.40. The van der Waals surface area contributed by atoms with Crippen molar-refractivity contribution < 1.29 is 4.39 Å². The smallest absolute Gasteiger partial charge is 0.161 e. The summed E-state index contributed by atoms with van der Waals surface area (Å²) in [4.78, 5) is 4.25. The fraction of sp³-hybridized carbons (Fsp3) is 0.143. The molecule has 3 rings (SSSR count). The first-order valence-corrected chi connectivity index (χ1v) is 6.63. The molecule has 0 amide bonds. The number of rotatable bonds is 2. The lowest BCUT2D eigenvalue weighted by atomic mass is 10.0. The van der Waals surface area contributed by atoms with E-state index in [1.165, 1.54) is 10.7 Å². The predicted molar refractivity (Wildman–Crippen MR) is 80.2 cm³/mol. The van der Waals surface area contributed by atoms with Crippen molar-refractivity contribution in [3.8, 4) is 22.6 Å². The van der Waals surface area contributed by atoms with Crippen molar-refractivity contribution in [3.05, 3.63) is 41.4 Å². The van der Waals surface area contributed by atoms with Gasteiger partial charge in [-0.1, -0.05) is 23.7 Å². The molecule has 0 spiro atoms. The molecule has 0 fully saturated rings. The van der Waals surface area contributed by atoms with Gasteiger partial charge in [0.25, 0.3) is 0 Å². The zero-order valence-corrected chi connectivity index (χ0v) is 12.3. The normalized spacial score (nSPS) is 11.0. The van der Waals surface area contributed by atoms with E-state index in [4.69, 9.17) is 17.3 Å². The molecular weight excluding hydrogens is 293 g/mol. The zero-order chi connectivity index (χ0) is 15.1. The number of halogens is 2. The molecule has 21 heavy (non-hydrogen) atoms. The molecule has 1 aromatic carbocycles. The summed E-state index contributed by atoms with van der Waals surface area (Å²) >= 11 is 5.87. The van der Waals surface area contributed by atoms with E-state index in [2.05, 4.69) is 10.1 Å². The molecule has 2 aromatic heterocycles. The molecule has 0 aliphatic carbocycles. The van der Waals surface area contributed by atoms with Gasteiger partial charge in [-0.15, -0.1) is 0 Å². The van der Waals surface area contributed by atoms with Crippen LogP contribution in [-0.2, 0) is 14.1 Å². The largest absolute Gasteiger partial charge is 0.383 e. The van der Waals surface area contributed by atoms with Crippen LogP contribution in [-0.4, -0.2) is 19.3 Å². The summed E-state index contributed by atoms with van der Waals surface area (Å²) in [5.74, 6) is 0.445. The van der Waals surface area contributed by atoms with Crippen molar-refractivity contribution >= 4 is 17.4 Å². The Bertz CT molecular complexity index is 821. The van der Waals surface area contributed by atoms with Crippen LogP contribution in [0.3, 0.4) is 0 Å². The van der Waals surface area contributed by atoms with E-state index >= 15 is 0 Å². The maximum Gasteiger partial charge on any atom is 0.161 e. The molecule has 0 saturated carbocycles. The number of hydrogen-bond acceptors (Lipinski definition) is 3. The summed E-state index contributed by atoms with van der Waals surface area (Å²) in [6, 6.07) is 4.80. The molecule has 0 bridgehead atoms. The highest BCUT2D eigenvalue weighted by atomic mass is 35.5. The highest BCUT2D eigenvalue weighted by molar-refractivity contribution is 6.31. The van der Waals surface area contributed by atoms with E-state index in [0.717, 1.165) is 0 Å². The summed E-state index contributed by atoms with van der Waals surface area (Å²) in [7, 11) is 3.54. The van der Waals surface area contributed by atoms with Gasteiger partial charge in [-0.2, -0.15) is 5.10 Å². The van der Waals surface area contributed by atoms with Crippen molar-refractivity contribution in [1.29, 1.82) is 0 Å².